The van der Waals surface area contributed by atoms with Crippen LogP contribution in [0.25, 0.3) is 0 Å². The largest absolute Gasteiger partial charge is 0.291 e. The molecular formula is C24H20N4O. The summed E-state index contributed by atoms with van der Waals surface area (Å²) < 4.78 is 0. The van der Waals surface area contributed by atoms with Gasteiger partial charge in [0.1, 0.15) is 17.9 Å². The molecule has 2 atom stereocenters. The quantitative estimate of drug-likeness (QED) is 0.696. The van der Waals surface area contributed by atoms with E-state index in [1.807, 2.05) is 77.7 Å². The van der Waals surface area contributed by atoms with Gasteiger partial charge in [-0.05, 0) is 28.8 Å². The molecule has 3 aromatic rings. The fourth-order valence-corrected chi connectivity index (χ4v) is 3.89. The van der Waals surface area contributed by atoms with E-state index in [4.69, 9.17) is 9.98 Å². The lowest BCUT2D eigenvalue weighted by Crippen LogP contribution is -2.44. The number of fused-ring (bicyclic) bond motifs is 1. The minimum Gasteiger partial charge on any atom is -0.291 e. The molecule has 0 fully saturated rings. The summed E-state index contributed by atoms with van der Waals surface area (Å²) in [5.74, 6) is 0.785. The van der Waals surface area contributed by atoms with E-state index in [1.54, 1.807) is 12.4 Å². The number of pyridine rings is 1. The highest BCUT2D eigenvalue weighted by atomic mass is 16.2. The number of nitrogens with zero attached hydrogens (tertiary/aromatic N) is 4. The maximum atomic E-state index is 13.2. The molecule has 2 aliphatic rings. The van der Waals surface area contributed by atoms with Crippen molar-refractivity contribution in [3.05, 3.63) is 102 Å². The molecular weight excluding hydrogens is 360 g/mol. The highest BCUT2D eigenvalue weighted by molar-refractivity contribution is 6.16. The van der Waals surface area contributed by atoms with Crippen LogP contribution in [0, 0.1) is 0 Å². The first-order valence-corrected chi connectivity index (χ1v) is 9.74. The number of aliphatic imine (C=N–C) groups is 2. The highest BCUT2D eigenvalue weighted by Crippen LogP contribution is 2.31. The van der Waals surface area contributed by atoms with Crippen molar-refractivity contribution in [2.75, 3.05) is 6.54 Å². The molecule has 142 valence electrons. The minimum atomic E-state index is -0.401. The zero-order valence-corrected chi connectivity index (χ0v) is 15.8. The van der Waals surface area contributed by atoms with Crippen molar-refractivity contribution < 1.29 is 4.79 Å². The van der Waals surface area contributed by atoms with E-state index >= 15 is 0 Å². The Bertz CT molecular complexity index is 1080. The predicted molar refractivity (Wildman–Crippen MR) is 113 cm³/mol. The standard InChI is InChI=1S/C24H20N4O/c29-24-20(15-17-7-3-1-4-8-17)27-23-22(19-11-13-25-14-12-19)26-21(16-28(23)24)18-9-5-2-6-10-18/h1-14,20,22H,15-16H2. The molecule has 29 heavy (non-hydrogen) atoms. The smallest absolute Gasteiger partial charge is 0.253 e. The van der Waals surface area contributed by atoms with Crippen LogP contribution in [0.3, 0.4) is 0 Å². The van der Waals surface area contributed by atoms with Crippen LogP contribution in [0.5, 0.6) is 0 Å². The number of aromatic nitrogens is 1. The van der Waals surface area contributed by atoms with E-state index in [2.05, 4.69) is 4.98 Å². The Hall–Kier alpha value is -3.60. The number of carbonyl (C=O) groups excluding carboxylic acids is 1. The monoisotopic (exact) mass is 380 g/mol. The van der Waals surface area contributed by atoms with E-state index in [-0.39, 0.29) is 11.9 Å². The van der Waals surface area contributed by atoms with Gasteiger partial charge in [-0.3, -0.25) is 24.7 Å². The molecule has 0 spiro atoms. The summed E-state index contributed by atoms with van der Waals surface area (Å²) >= 11 is 0. The van der Waals surface area contributed by atoms with Crippen molar-refractivity contribution in [3.8, 4) is 0 Å². The predicted octanol–water partition coefficient (Wildman–Crippen LogP) is 3.48. The molecule has 5 heteroatoms. The Kier molecular flexibility index (Phi) is 4.48. The lowest BCUT2D eigenvalue weighted by Gasteiger charge is -2.29. The van der Waals surface area contributed by atoms with Crippen molar-refractivity contribution in [2.24, 2.45) is 9.98 Å². The molecule has 0 N–H and O–H groups in total. The average Bonchev–Trinajstić information content (AvgIpc) is 3.10. The Labute approximate surface area is 169 Å². The summed E-state index contributed by atoms with van der Waals surface area (Å²) in [5, 5.41) is 0. The van der Waals surface area contributed by atoms with Crippen molar-refractivity contribution in [1.82, 2.24) is 9.88 Å². The normalized spacial score (nSPS) is 20.8. The van der Waals surface area contributed by atoms with Crippen LogP contribution in [0.15, 0.2) is 95.2 Å². The number of hydrogen-bond acceptors (Lipinski definition) is 4. The van der Waals surface area contributed by atoms with E-state index in [9.17, 15) is 4.79 Å². The van der Waals surface area contributed by atoms with Crippen LogP contribution >= 0.6 is 0 Å². The van der Waals surface area contributed by atoms with Crippen LogP contribution < -0.4 is 0 Å². The van der Waals surface area contributed by atoms with Crippen LogP contribution in [0.1, 0.15) is 22.7 Å². The third kappa shape index (κ3) is 3.36. The first-order chi connectivity index (χ1) is 14.3. The SMILES string of the molecule is O=C1C(Cc2ccccc2)N=C2C(c3ccncc3)N=C(c3ccccc3)CN12. The molecule has 2 aromatic carbocycles. The fourth-order valence-electron chi connectivity index (χ4n) is 3.89. The summed E-state index contributed by atoms with van der Waals surface area (Å²) in [6.45, 7) is 0.453. The Balaban J connectivity index is 1.53. The van der Waals surface area contributed by atoms with Gasteiger partial charge in [0.2, 0.25) is 0 Å². The third-order valence-corrected chi connectivity index (χ3v) is 5.35. The second-order valence-corrected chi connectivity index (χ2v) is 7.24. The Morgan fingerprint density at radius 2 is 1.55 bits per heavy atom. The lowest BCUT2D eigenvalue weighted by atomic mass is 10.0. The minimum absolute atomic E-state index is 0.0474. The zero-order chi connectivity index (χ0) is 19.6. The molecule has 5 rings (SSSR count). The third-order valence-electron chi connectivity index (χ3n) is 5.35. The number of carbonyl (C=O) groups is 1. The molecule has 5 nitrogen and oxygen atoms in total. The maximum absolute atomic E-state index is 13.2. The van der Waals surface area contributed by atoms with Gasteiger partial charge in [-0.1, -0.05) is 60.7 Å². The number of benzene rings is 2. The van der Waals surface area contributed by atoms with Crippen LogP contribution in [-0.4, -0.2) is 39.9 Å². The van der Waals surface area contributed by atoms with Gasteiger partial charge in [0.25, 0.3) is 5.91 Å². The van der Waals surface area contributed by atoms with E-state index in [0.717, 1.165) is 28.2 Å². The Morgan fingerprint density at radius 3 is 2.28 bits per heavy atom. The first kappa shape index (κ1) is 17.5. The molecule has 0 saturated heterocycles. The van der Waals surface area contributed by atoms with Gasteiger partial charge in [-0.2, -0.15) is 0 Å². The summed E-state index contributed by atoms with van der Waals surface area (Å²) in [6.07, 6.45) is 4.11. The van der Waals surface area contributed by atoms with E-state index in [0.29, 0.717) is 13.0 Å². The maximum Gasteiger partial charge on any atom is 0.253 e. The molecule has 0 bridgehead atoms. The second-order valence-electron chi connectivity index (χ2n) is 7.24. The summed E-state index contributed by atoms with van der Waals surface area (Å²) in [4.78, 5) is 29.0. The first-order valence-electron chi connectivity index (χ1n) is 9.74. The van der Waals surface area contributed by atoms with E-state index < -0.39 is 6.04 Å². The number of rotatable bonds is 4. The number of amides is 1. The van der Waals surface area contributed by atoms with Gasteiger partial charge in [0.15, 0.2) is 0 Å². The Morgan fingerprint density at radius 1 is 0.862 bits per heavy atom. The number of hydrogen-bond donors (Lipinski definition) is 0. The molecule has 0 saturated carbocycles. The van der Waals surface area contributed by atoms with Gasteiger partial charge in [-0.15, -0.1) is 0 Å². The second kappa shape index (κ2) is 7.43. The average molecular weight is 380 g/mol. The zero-order valence-electron chi connectivity index (χ0n) is 15.8. The molecule has 3 heterocycles. The molecule has 2 unspecified atom stereocenters. The van der Waals surface area contributed by atoms with Crippen molar-refractivity contribution in [3.63, 3.8) is 0 Å². The lowest BCUT2D eigenvalue weighted by molar-refractivity contribution is -0.126. The van der Waals surface area contributed by atoms with Gasteiger partial charge in [-0.25, -0.2) is 0 Å². The fraction of sp³-hybridized carbons (Fsp3) is 0.167. The van der Waals surface area contributed by atoms with Gasteiger partial charge in [0.05, 0.1) is 12.3 Å². The molecule has 1 aromatic heterocycles. The van der Waals surface area contributed by atoms with E-state index in [1.165, 1.54) is 0 Å². The summed E-state index contributed by atoms with van der Waals surface area (Å²) in [5.41, 5.74) is 4.04. The highest BCUT2D eigenvalue weighted by Gasteiger charge is 2.41. The van der Waals surface area contributed by atoms with Gasteiger partial charge in [0, 0.05) is 18.8 Å². The molecule has 1 amide bonds. The van der Waals surface area contributed by atoms with Crippen LogP contribution in [0.4, 0.5) is 0 Å². The van der Waals surface area contributed by atoms with Crippen LogP contribution in [-0.2, 0) is 11.2 Å². The molecule has 0 radical (unpaired) electrons. The van der Waals surface area contributed by atoms with Gasteiger partial charge >= 0.3 is 0 Å². The molecule has 0 aliphatic carbocycles. The van der Waals surface area contributed by atoms with Crippen molar-refractivity contribution in [2.45, 2.75) is 18.5 Å². The molecule has 2 aliphatic heterocycles. The van der Waals surface area contributed by atoms with Crippen molar-refractivity contribution >= 4 is 17.5 Å². The topological polar surface area (TPSA) is 57.9 Å². The summed E-state index contributed by atoms with van der Waals surface area (Å²) in [7, 11) is 0. The number of amidine groups is 1. The summed E-state index contributed by atoms with van der Waals surface area (Å²) in [6, 6.07) is 23.3. The van der Waals surface area contributed by atoms with Crippen LogP contribution in [0.2, 0.25) is 0 Å². The van der Waals surface area contributed by atoms with Gasteiger partial charge < -0.3 is 0 Å². The van der Waals surface area contributed by atoms with Crippen molar-refractivity contribution in [1.29, 1.82) is 0 Å².